The Morgan fingerprint density at radius 3 is 2.95 bits per heavy atom. The van der Waals surface area contributed by atoms with Gasteiger partial charge in [-0.25, -0.2) is 0 Å². The van der Waals surface area contributed by atoms with Gasteiger partial charge >= 0.3 is 0 Å². The van der Waals surface area contributed by atoms with Gasteiger partial charge < -0.3 is 0 Å². The number of rotatable bonds is 1. The molecule has 19 heavy (non-hydrogen) atoms. The van der Waals surface area contributed by atoms with Gasteiger partial charge in [-0.3, -0.25) is 19.9 Å². The van der Waals surface area contributed by atoms with E-state index < -0.39 is 0 Å². The minimum atomic E-state index is -0.280. The number of pyridine rings is 1. The van der Waals surface area contributed by atoms with Crippen molar-refractivity contribution in [1.29, 1.82) is 0 Å². The zero-order valence-electron chi connectivity index (χ0n) is 10.0. The second-order valence-electron chi connectivity index (χ2n) is 4.57. The smallest absolute Gasteiger partial charge is 0.234 e. The molecule has 1 aromatic carbocycles. The Hall–Kier alpha value is -1.75. The standard InChI is InChI=1S/C14H11BrN2O2/c15-8-6-11-9(2-1-3-12(11)16-7-8)10-4-5-13(18)17-14(10)19/h1-3,6-7,10H,4-5H2,(H,17,18,19). The highest BCUT2D eigenvalue weighted by atomic mass is 79.9. The van der Waals surface area contributed by atoms with E-state index >= 15 is 0 Å². The number of carbonyl (C=O) groups excluding carboxylic acids is 2. The summed E-state index contributed by atoms with van der Waals surface area (Å²) in [4.78, 5) is 27.5. The molecule has 1 unspecified atom stereocenters. The Balaban J connectivity index is 2.12. The van der Waals surface area contributed by atoms with Crippen LogP contribution in [0, 0.1) is 0 Å². The lowest BCUT2D eigenvalue weighted by molar-refractivity contribution is -0.134. The first kappa shape index (κ1) is 12.3. The van der Waals surface area contributed by atoms with Gasteiger partial charge in [-0.15, -0.1) is 0 Å². The van der Waals surface area contributed by atoms with Crippen LogP contribution in [0.4, 0.5) is 0 Å². The molecule has 1 N–H and O–H groups in total. The van der Waals surface area contributed by atoms with E-state index in [1.807, 2.05) is 24.3 Å². The maximum absolute atomic E-state index is 12.0. The highest BCUT2D eigenvalue weighted by molar-refractivity contribution is 9.10. The maximum atomic E-state index is 12.0. The third-order valence-corrected chi connectivity index (χ3v) is 3.77. The van der Waals surface area contributed by atoms with Crippen LogP contribution in [0.3, 0.4) is 0 Å². The Labute approximate surface area is 118 Å². The van der Waals surface area contributed by atoms with Crippen LogP contribution in [-0.2, 0) is 9.59 Å². The third kappa shape index (κ3) is 2.26. The van der Waals surface area contributed by atoms with Gasteiger partial charge in [0.2, 0.25) is 11.8 Å². The first-order chi connectivity index (χ1) is 9.15. The maximum Gasteiger partial charge on any atom is 0.234 e. The second-order valence-corrected chi connectivity index (χ2v) is 5.49. The van der Waals surface area contributed by atoms with Crippen LogP contribution >= 0.6 is 15.9 Å². The molecule has 1 saturated heterocycles. The lowest BCUT2D eigenvalue weighted by Gasteiger charge is -2.22. The van der Waals surface area contributed by atoms with Crippen molar-refractivity contribution in [2.75, 3.05) is 0 Å². The van der Waals surface area contributed by atoms with Gasteiger partial charge in [-0.1, -0.05) is 12.1 Å². The van der Waals surface area contributed by atoms with Crippen molar-refractivity contribution in [2.45, 2.75) is 18.8 Å². The SMILES string of the molecule is O=C1CCC(c2cccc3ncc(Br)cc23)C(=O)N1. The zero-order valence-corrected chi connectivity index (χ0v) is 11.6. The molecule has 3 rings (SSSR count). The molecule has 96 valence electrons. The fraction of sp³-hybridized carbons (Fsp3) is 0.214. The number of fused-ring (bicyclic) bond motifs is 1. The Morgan fingerprint density at radius 2 is 2.16 bits per heavy atom. The Morgan fingerprint density at radius 1 is 1.32 bits per heavy atom. The van der Waals surface area contributed by atoms with Crippen LogP contribution in [0.15, 0.2) is 34.9 Å². The number of piperidine rings is 1. The van der Waals surface area contributed by atoms with Crippen LogP contribution in [0.25, 0.3) is 10.9 Å². The van der Waals surface area contributed by atoms with Crippen molar-refractivity contribution in [3.05, 3.63) is 40.5 Å². The van der Waals surface area contributed by atoms with Crippen molar-refractivity contribution in [3.63, 3.8) is 0 Å². The van der Waals surface area contributed by atoms with E-state index in [9.17, 15) is 9.59 Å². The van der Waals surface area contributed by atoms with Gasteiger partial charge in [-0.2, -0.15) is 0 Å². The molecule has 0 radical (unpaired) electrons. The fourth-order valence-electron chi connectivity index (χ4n) is 2.44. The van der Waals surface area contributed by atoms with Gasteiger partial charge in [-0.05, 0) is 40.0 Å². The minimum Gasteiger partial charge on any atom is -0.296 e. The molecule has 1 atom stereocenters. The van der Waals surface area contributed by atoms with E-state index in [0.717, 1.165) is 20.9 Å². The van der Waals surface area contributed by atoms with Gasteiger partial charge in [0.05, 0.1) is 11.4 Å². The first-order valence-corrected chi connectivity index (χ1v) is 6.82. The molecule has 2 amide bonds. The molecule has 5 heteroatoms. The number of imide groups is 1. The number of halogens is 1. The lowest BCUT2D eigenvalue weighted by Crippen LogP contribution is -2.39. The summed E-state index contributed by atoms with van der Waals surface area (Å²) in [6.45, 7) is 0. The molecule has 0 aliphatic carbocycles. The van der Waals surface area contributed by atoms with E-state index in [0.29, 0.717) is 12.8 Å². The largest absolute Gasteiger partial charge is 0.296 e. The van der Waals surface area contributed by atoms with Crippen LogP contribution in [0.1, 0.15) is 24.3 Å². The van der Waals surface area contributed by atoms with Crippen molar-refractivity contribution in [3.8, 4) is 0 Å². The monoisotopic (exact) mass is 318 g/mol. The molecule has 2 heterocycles. The molecule has 2 aromatic rings. The molecule has 0 saturated carbocycles. The lowest BCUT2D eigenvalue weighted by atomic mass is 9.88. The molecule has 1 aliphatic heterocycles. The summed E-state index contributed by atoms with van der Waals surface area (Å²) in [5, 5.41) is 3.35. The topological polar surface area (TPSA) is 59.1 Å². The zero-order chi connectivity index (χ0) is 13.4. The summed E-state index contributed by atoms with van der Waals surface area (Å²) < 4.78 is 0.875. The summed E-state index contributed by atoms with van der Waals surface area (Å²) in [5.74, 6) is -0.693. The van der Waals surface area contributed by atoms with E-state index in [2.05, 4.69) is 26.2 Å². The average molecular weight is 319 g/mol. The highest BCUT2D eigenvalue weighted by Crippen LogP contribution is 2.31. The summed E-state index contributed by atoms with van der Waals surface area (Å²) in [5.41, 5.74) is 1.78. The van der Waals surface area contributed by atoms with Gasteiger partial charge in [0.25, 0.3) is 0 Å². The van der Waals surface area contributed by atoms with E-state index in [4.69, 9.17) is 0 Å². The van der Waals surface area contributed by atoms with Crippen LogP contribution < -0.4 is 5.32 Å². The van der Waals surface area contributed by atoms with Crippen molar-refractivity contribution in [2.24, 2.45) is 0 Å². The summed E-state index contributed by atoms with van der Waals surface area (Å²) in [6.07, 6.45) is 2.67. The fourth-order valence-corrected chi connectivity index (χ4v) is 2.77. The number of amides is 2. The van der Waals surface area contributed by atoms with Gasteiger partial charge in [0, 0.05) is 22.5 Å². The number of aromatic nitrogens is 1. The number of nitrogens with one attached hydrogen (secondary N) is 1. The van der Waals surface area contributed by atoms with Crippen LogP contribution in [0.5, 0.6) is 0 Å². The Bertz CT molecular complexity index is 684. The van der Waals surface area contributed by atoms with Crippen molar-refractivity contribution in [1.82, 2.24) is 10.3 Å². The highest BCUT2D eigenvalue weighted by Gasteiger charge is 2.29. The predicted octanol–water partition coefficient (Wildman–Crippen LogP) is 2.52. The summed E-state index contributed by atoms with van der Waals surface area (Å²) >= 11 is 3.40. The van der Waals surface area contributed by atoms with Crippen LogP contribution in [-0.4, -0.2) is 16.8 Å². The third-order valence-electron chi connectivity index (χ3n) is 3.34. The normalized spacial score (nSPS) is 19.5. The van der Waals surface area contributed by atoms with Crippen molar-refractivity contribution >= 4 is 38.6 Å². The predicted molar refractivity (Wildman–Crippen MR) is 74.6 cm³/mol. The van der Waals surface area contributed by atoms with Gasteiger partial charge in [0.15, 0.2) is 0 Å². The summed E-state index contributed by atoms with van der Waals surface area (Å²) in [6, 6.07) is 7.69. The first-order valence-electron chi connectivity index (χ1n) is 6.03. The van der Waals surface area contributed by atoms with E-state index in [-0.39, 0.29) is 17.7 Å². The molecule has 0 spiro atoms. The Kier molecular flexibility index (Phi) is 3.06. The molecule has 4 nitrogen and oxygen atoms in total. The summed E-state index contributed by atoms with van der Waals surface area (Å²) in [7, 11) is 0. The van der Waals surface area contributed by atoms with E-state index in [1.54, 1.807) is 6.20 Å². The quantitative estimate of drug-likeness (QED) is 0.822. The minimum absolute atomic E-state index is 0.194. The molecule has 1 aromatic heterocycles. The van der Waals surface area contributed by atoms with Gasteiger partial charge in [0.1, 0.15) is 0 Å². The number of hydrogen-bond donors (Lipinski definition) is 1. The van der Waals surface area contributed by atoms with E-state index in [1.165, 1.54) is 0 Å². The van der Waals surface area contributed by atoms with Crippen molar-refractivity contribution < 1.29 is 9.59 Å². The number of benzene rings is 1. The molecule has 1 aliphatic rings. The molecule has 1 fully saturated rings. The second kappa shape index (κ2) is 4.74. The molecular formula is C14H11BrN2O2. The number of nitrogens with zero attached hydrogens (tertiary/aromatic N) is 1. The molecular weight excluding hydrogens is 308 g/mol. The number of carbonyl (C=O) groups is 2. The van der Waals surface area contributed by atoms with Crippen LogP contribution in [0.2, 0.25) is 0 Å². The molecule has 0 bridgehead atoms. The average Bonchev–Trinajstić information content (AvgIpc) is 2.38. The number of hydrogen-bond acceptors (Lipinski definition) is 3.